The summed E-state index contributed by atoms with van der Waals surface area (Å²) in [6.45, 7) is 1.95. The van der Waals surface area contributed by atoms with Gasteiger partial charge in [-0.1, -0.05) is 29.8 Å². The van der Waals surface area contributed by atoms with Crippen molar-refractivity contribution in [1.29, 1.82) is 0 Å². The Labute approximate surface area is 145 Å². The average Bonchev–Trinajstić information content (AvgIpc) is 2.98. The number of carbonyl (C=O) groups excluding carboxylic acids is 1. The van der Waals surface area contributed by atoms with E-state index in [1.54, 1.807) is 31.2 Å². The van der Waals surface area contributed by atoms with E-state index in [1.165, 1.54) is 12.1 Å². The van der Waals surface area contributed by atoms with Crippen LogP contribution >= 0.6 is 11.6 Å². The second kappa shape index (κ2) is 6.72. The molecule has 3 aromatic rings. The number of aromatic nitrogens is 2. The number of carbonyl (C=O) groups is 1. The van der Waals surface area contributed by atoms with Crippen LogP contribution in [0.4, 0.5) is 0 Å². The third kappa shape index (κ3) is 3.06. The van der Waals surface area contributed by atoms with Crippen LogP contribution in [0.5, 0.6) is 0 Å². The molecule has 0 aliphatic rings. The second-order valence-corrected chi connectivity index (χ2v) is 6.18. The van der Waals surface area contributed by atoms with Crippen molar-refractivity contribution < 1.29 is 18.3 Å². The summed E-state index contributed by atoms with van der Waals surface area (Å²) < 4.78 is 27.9. The Morgan fingerprint density at radius 3 is 2.79 bits per heavy atom. The maximum atomic E-state index is 11.9. The van der Waals surface area contributed by atoms with Gasteiger partial charge in [-0.15, -0.1) is 0 Å². The molecule has 0 aliphatic heterocycles. The molecule has 0 saturated carbocycles. The van der Waals surface area contributed by atoms with Crippen LogP contribution in [0.15, 0.2) is 41.3 Å². The van der Waals surface area contributed by atoms with Crippen LogP contribution in [0, 0.1) is 0 Å². The molecule has 0 bridgehead atoms. The highest BCUT2D eigenvalue weighted by Crippen LogP contribution is 2.33. The molecule has 2 heterocycles. The molecule has 0 spiro atoms. The smallest absolute Gasteiger partial charge is 0.354 e. The third-order valence-electron chi connectivity index (χ3n) is 3.41. The van der Waals surface area contributed by atoms with E-state index in [1.807, 2.05) is 0 Å². The van der Waals surface area contributed by atoms with Crippen LogP contribution in [-0.4, -0.2) is 31.3 Å². The number of aromatic amines is 1. The fourth-order valence-electron chi connectivity index (χ4n) is 2.44. The molecule has 1 aromatic carbocycles. The summed E-state index contributed by atoms with van der Waals surface area (Å²) in [5.74, 6) is -0.516. The Morgan fingerprint density at radius 1 is 1.33 bits per heavy atom. The summed E-state index contributed by atoms with van der Waals surface area (Å²) in [5.41, 5.74) is 2.20. The van der Waals surface area contributed by atoms with Gasteiger partial charge in [-0.25, -0.2) is 9.78 Å². The molecule has 1 N–H and O–H groups in total. The largest absolute Gasteiger partial charge is 0.768 e. The van der Waals surface area contributed by atoms with E-state index >= 15 is 0 Å². The lowest BCUT2D eigenvalue weighted by Crippen LogP contribution is -2.04. The van der Waals surface area contributed by atoms with E-state index in [9.17, 15) is 13.6 Å². The number of nitrogens with zero attached hydrogens (tertiary/aromatic N) is 1. The fraction of sp³-hybridized carbons (Fsp3) is 0.125. The molecule has 1 unspecified atom stereocenters. The average molecular weight is 364 g/mol. The molecule has 24 heavy (non-hydrogen) atoms. The lowest BCUT2D eigenvalue weighted by atomic mass is 10.1. The van der Waals surface area contributed by atoms with Gasteiger partial charge in [0.25, 0.3) is 0 Å². The molecule has 3 rings (SSSR count). The quantitative estimate of drug-likeness (QED) is 0.436. The molecule has 2 aromatic heterocycles. The van der Waals surface area contributed by atoms with E-state index in [-0.39, 0.29) is 22.3 Å². The zero-order valence-corrected chi connectivity index (χ0v) is 14.1. The number of hydrogen-bond acceptors (Lipinski definition) is 5. The summed E-state index contributed by atoms with van der Waals surface area (Å²) in [6.07, 6.45) is 0. The highest BCUT2D eigenvalue weighted by molar-refractivity contribution is 7.79. The van der Waals surface area contributed by atoms with Crippen molar-refractivity contribution in [2.45, 2.75) is 11.8 Å². The molecule has 0 amide bonds. The van der Waals surface area contributed by atoms with E-state index in [0.717, 1.165) is 0 Å². The summed E-state index contributed by atoms with van der Waals surface area (Å²) in [5, 5.41) is 0.193. The summed E-state index contributed by atoms with van der Waals surface area (Å²) in [4.78, 5) is 19.2. The van der Waals surface area contributed by atoms with Crippen molar-refractivity contribution in [3.05, 3.63) is 47.2 Å². The number of rotatable bonds is 4. The van der Waals surface area contributed by atoms with Crippen molar-refractivity contribution in [1.82, 2.24) is 9.97 Å². The molecule has 0 fully saturated rings. The van der Waals surface area contributed by atoms with E-state index in [4.69, 9.17) is 16.3 Å². The van der Waals surface area contributed by atoms with Crippen LogP contribution in [0.2, 0.25) is 5.15 Å². The molecule has 6 nitrogen and oxygen atoms in total. The Hall–Kier alpha value is -2.22. The first-order valence-electron chi connectivity index (χ1n) is 7.06. The SMILES string of the molecule is CCOC(=O)c1cc2nc(Cl)cc(-c3ccccc3S(=O)[O-])c2[nH]1. The maximum absolute atomic E-state index is 11.9. The van der Waals surface area contributed by atoms with Crippen molar-refractivity contribution in [3.8, 4) is 11.1 Å². The Morgan fingerprint density at radius 2 is 2.08 bits per heavy atom. The van der Waals surface area contributed by atoms with Crippen molar-refractivity contribution in [2.24, 2.45) is 0 Å². The van der Waals surface area contributed by atoms with Crippen molar-refractivity contribution >= 4 is 39.7 Å². The van der Waals surface area contributed by atoms with Gasteiger partial charge in [0.05, 0.1) is 17.6 Å². The first kappa shape index (κ1) is 16.6. The highest BCUT2D eigenvalue weighted by atomic mass is 35.5. The number of nitrogens with one attached hydrogen (secondary N) is 1. The number of ether oxygens (including phenoxy) is 1. The van der Waals surface area contributed by atoms with Gasteiger partial charge in [-0.05, 0) is 41.8 Å². The minimum atomic E-state index is -2.41. The van der Waals surface area contributed by atoms with Crippen LogP contribution < -0.4 is 0 Å². The zero-order valence-electron chi connectivity index (χ0n) is 12.5. The van der Waals surface area contributed by atoms with E-state index < -0.39 is 17.0 Å². The zero-order chi connectivity index (χ0) is 17.3. The molecule has 124 valence electrons. The molecule has 0 aliphatic carbocycles. The lowest BCUT2D eigenvalue weighted by Gasteiger charge is -2.12. The number of H-pyrrole nitrogens is 1. The topological polar surface area (TPSA) is 95.1 Å². The number of pyridine rings is 1. The van der Waals surface area contributed by atoms with E-state index in [0.29, 0.717) is 22.2 Å². The summed E-state index contributed by atoms with van der Waals surface area (Å²) >= 11 is 3.65. The normalized spacial score (nSPS) is 12.3. The Balaban J connectivity index is 2.25. The number of halogens is 1. The van der Waals surface area contributed by atoms with Crippen molar-refractivity contribution in [2.75, 3.05) is 6.61 Å². The predicted octanol–water partition coefficient (Wildman–Crippen LogP) is 3.30. The predicted molar refractivity (Wildman–Crippen MR) is 89.7 cm³/mol. The Kier molecular flexibility index (Phi) is 4.66. The highest BCUT2D eigenvalue weighted by Gasteiger charge is 2.17. The van der Waals surface area contributed by atoms with Gasteiger partial charge in [-0.2, -0.15) is 0 Å². The standard InChI is InChI=1S/C16H13ClN2O4S/c1-2-23-16(20)12-8-11-15(19-12)10(7-14(17)18-11)9-5-3-4-6-13(9)24(21)22/h3-8,19H,2H2,1H3,(H,21,22)/p-1. The molecular weight excluding hydrogens is 352 g/mol. The molecule has 8 heteroatoms. The van der Waals surface area contributed by atoms with Gasteiger partial charge in [-0.3, -0.25) is 4.21 Å². The maximum Gasteiger partial charge on any atom is 0.354 e. The van der Waals surface area contributed by atoms with Gasteiger partial charge >= 0.3 is 5.97 Å². The summed E-state index contributed by atoms with van der Waals surface area (Å²) in [6, 6.07) is 9.60. The van der Waals surface area contributed by atoms with E-state index in [2.05, 4.69) is 9.97 Å². The van der Waals surface area contributed by atoms with Gasteiger partial charge in [0, 0.05) is 10.5 Å². The molecule has 0 saturated heterocycles. The van der Waals surface area contributed by atoms with Crippen LogP contribution in [0.1, 0.15) is 17.4 Å². The van der Waals surface area contributed by atoms with Crippen LogP contribution in [0.25, 0.3) is 22.2 Å². The number of esters is 1. The van der Waals surface area contributed by atoms with Gasteiger partial charge in [0.1, 0.15) is 10.8 Å². The van der Waals surface area contributed by atoms with Crippen molar-refractivity contribution in [3.63, 3.8) is 0 Å². The first-order chi connectivity index (χ1) is 11.5. The van der Waals surface area contributed by atoms with Gasteiger partial charge < -0.3 is 14.3 Å². The number of benzene rings is 1. The van der Waals surface area contributed by atoms with Gasteiger partial charge in [0.15, 0.2) is 0 Å². The fourth-order valence-corrected chi connectivity index (χ4v) is 3.19. The monoisotopic (exact) mass is 363 g/mol. The molecular formula is C16H12ClN2O4S-. The molecule has 1 atom stereocenters. The third-order valence-corrected chi connectivity index (χ3v) is 4.32. The lowest BCUT2D eigenvalue weighted by molar-refractivity contribution is 0.0520. The second-order valence-electron chi connectivity index (χ2n) is 4.89. The van der Waals surface area contributed by atoms with Gasteiger partial charge in [0.2, 0.25) is 0 Å². The minimum absolute atomic E-state index is 0.133. The summed E-state index contributed by atoms with van der Waals surface area (Å²) in [7, 11) is 0. The number of hydrogen-bond donors (Lipinski definition) is 1. The van der Waals surface area contributed by atoms with Crippen LogP contribution in [-0.2, 0) is 15.8 Å². The Bertz CT molecular complexity index is 954. The minimum Gasteiger partial charge on any atom is -0.768 e. The van der Waals surface area contributed by atoms with Crippen LogP contribution in [0.3, 0.4) is 0 Å². The first-order valence-corrected chi connectivity index (χ1v) is 8.51. The molecule has 0 radical (unpaired) electrons. The number of fused-ring (bicyclic) bond motifs is 1.